The number of nitrogens with one attached hydrogen (secondary N) is 1. The Morgan fingerprint density at radius 1 is 1.16 bits per heavy atom. The van der Waals surface area contributed by atoms with Crippen molar-refractivity contribution in [1.82, 2.24) is 24.3 Å². The van der Waals surface area contributed by atoms with Crippen LogP contribution in [-0.2, 0) is 31.4 Å². The summed E-state index contributed by atoms with van der Waals surface area (Å²) in [7, 11) is 1.95. The molecular formula is C24H25N5O3. The first-order valence-corrected chi connectivity index (χ1v) is 10.7. The molecule has 1 atom stereocenters. The molecule has 0 fully saturated rings. The van der Waals surface area contributed by atoms with E-state index in [9.17, 15) is 9.59 Å². The van der Waals surface area contributed by atoms with Crippen LogP contribution in [-0.4, -0.2) is 37.4 Å². The first-order valence-electron chi connectivity index (χ1n) is 10.7. The molecule has 4 aromatic rings. The number of aryl methyl sites for hydroxylation is 1. The van der Waals surface area contributed by atoms with Crippen LogP contribution < -0.4 is 5.32 Å². The van der Waals surface area contributed by atoms with Crippen LogP contribution in [0.25, 0.3) is 10.9 Å². The van der Waals surface area contributed by atoms with Gasteiger partial charge in [0.05, 0.1) is 36.5 Å². The van der Waals surface area contributed by atoms with Crippen molar-refractivity contribution in [2.45, 2.75) is 32.5 Å². The van der Waals surface area contributed by atoms with E-state index in [1.807, 2.05) is 70.7 Å². The molecule has 5 rings (SSSR count). The van der Waals surface area contributed by atoms with Gasteiger partial charge in [-0.15, -0.1) is 0 Å². The normalized spacial score (nSPS) is 15.7. The van der Waals surface area contributed by atoms with Gasteiger partial charge in [-0.1, -0.05) is 18.2 Å². The molecule has 0 unspecified atom stereocenters. The number of aromatic nitrogens is 3. The molecule has 1 N–H and O–H groups in total. The van der Waals surface area contributed by atoms with Gasteiger partial charge in [0.2, 0.25) is 5.91 Å². The molecule has 0 saturated heterocycles. The predicted octanol–water partition coefficient (Wildman–Crippen LogP) is 3.04. The molecule has 0 aliphatic carbocycles. The summed E-state index contributed by atoms with van der Waals surface area (Å²) >= 11 is 0. The lowest BCUT2D eigenvalue weighted by Crippen LogP contribution is -2.41. The summed E-state index contributed by atoms with van der Waals surface area (Å²) in [4.78, 5) is 32.3. The van der Waals surface area contributed by atoms with Gasteiger partial charge in [0.1, 0.15) is 11.6 Å². The van der Waals surface area contributed by atoms with Gasteiger partial charge < -0.3 is 23.8 Å². The SMILES string of the molecule is C[C@H]1c2nc(CC(=O)NCc3ccco3)cn2CCN1C(=O)c1cn(C)c2ccccc12. The van der Waals surface area contributed by atoms with E-state index in [0.717, 1.165) is 16.7 Å². The van der Waals surface area contributed by atoms with Crippen LogP contribution in [0.2, 0.25) is 0 Å². The molecule has 0 bridgehead atoms. The van der Waals surface area contributed by atoms with Crippen LogP contribution >= 0.6 is 0 Å². The lowest BCUT2D eigenvalue weighted by molar-refractivity contribution is -0.120. The Kier molecular flexibility index (Phi) is 5.05. The summed E-state index contributed by atoms with van der Waals surface area (Å²) in [5, 5.41) is 3.80. The number of carbonyl (C=O) groups is 2. The standard InChI is InChI=1S/C24H25N5O3/c1-16-23-26-17(12-22(30)25-13-18-6-5-11-32-18)14-28(23)9-10-29(16)24(31)20-15-27(2)21-8-4-3-7-19(20)21/h3-8,11,14-16H,9-10,12-13H2,1-2H3,(H,25,30)/t16-/m0/s1. The zero-order chi connectivity index (χ0) is 22.2. The van der Waals surface area contributed by atoms with E-state index in [1.54, 1.807) is 12.3 Å². The van der Waals surface area contributed by atoms with Crippen molar-refractivity contribution in [1.29, 1.82) is 0 Å². The maximum absolute atomic E-state index is 13.4. The average molecular weight is 431 g/mol. The molecule has 3 aromatic heterocycles. The second-order valence-corrected chi connectivity index (χ2v) is 8.16. The number of furan rings is 1. The lowest BCUT2D eigenvalue weighted by atomic mass is 10.1. The van der Waals surface area contributed by atoms with Crippen molar-refractivity contribution in [2.24, 2.45) is 7.05 Å². The summed E-state index contributed by atoms with van der Waals surface area (Å²) in [5.74, 6) is 1.40. The molecule has 0 radical (unpaired) electrons. The molecule has 1 aliphatic rings. The number of fused-ring (bicyclic) bond motifs is 2. The van der Waals surface area contributed by atoms with Crippen molar-refractivity contribution in [2.75, 3.05) is 6.54 Å². The van der Waals surface area contributed by atoms with E-state index in [-0.39, 0.29) is 24.3 Å². The Morgan fingerprint density at radius 2 is 2.00 bits per heavy atom. The molecule has 164 valence electrons. The van der Waals surface area contributed by atoms with Crippen molar-refractivity contribution >= 4 is 22.7 Å². The molecule has 8 nitrogen and oxygen atoms in total. The highest BCUT2D eigenvalue weighted by Crippen LogP contribution is 2.29. The van der Waals surface area contributed by atoms with Crippen molar-refractivity contribution in [3.8, 4) is 0 Å². The van der Waals surface area contributed by atoms with Gasteiger partial charge in [0, 0.05) is 43.4 Å². The Labute approximate surface area is 185 Å². The largest absolute Gasteiger partial charge is 0.467 e. The fourth-order valence-electron chi connectivity index (χ4n) is 4.40. The van der Waals surface area contributed by atoms with E-state index in [4.69, 9.17) is 9.40 Å². The maximum atomic E-state index is 13.4. The maximum Gasteiger partial charge on any atom is 0.256 e. The minimum atomic E-state index is -0.185. The van der Waals surface area contributed by atoms with Crippen molar-refractivity contribution < 1.29 is 14.0 Å². The highest BCUT2D eigenvalue weighted by molar-refractivity contribution is 6.07. The fraction of sp³-hybridized carbons (Fsp3) is 0.292. The fourth-order valence-corrected chi connectivity index (χ4v) is 4.40. The first-order chi connectivity index (χ1) is 15.5. The van der Waals surface area contributed by atoms with Crippen LogP contribution in [0.5, 0.6) is 0 Å². The number of amides is 2. The quantitative estimate of drug-likeness (QED) is 0.526. The molecule has 2 amide bonds. The predicted molar refractivity (Wildman–Crippen MR) is 119 cm³/mol. The van der Waals surface area contributed by atoms with Gasteiger partial charge in [0.25, 0.3) is 5.91 Å². The molecule has 0 saturated carbocycles. The van der Waals surface area contributed by atoms with E-state index in [0.29, 0.717) is 36.7 Å². The second-order valence-electron chi connectivity index (χ2n) is 8.16. The minimum absolute atomic E-state index is 0.00120. The van der Waals surface area contributed by atoms with Crippen LogP contribution in [0, 0.1) is 0 Å². The smallest absolute Gasteiger partial charge is 0.256 e. The van der Waals surface area contributed by atoms with Crippen LogP contribution in [0.15, 0.2) is 59.5 Å². The van der Waals surface area contributed by atoms with Crippen molar-refractivity contribution in [3.63, 3.8) is 0 Å². The molecule has 4 heterocycles. The van der Waals surface area contributed by atoms with Gasteiger partial charge in [-0.05, 0) is 25.1 Å². The monoisotopic (exact) mass is 431 g/mol. The summed E-state index contributed by atoms with van der Waals surface area (Å²) in [6.45, 7) is 3.58. The number of nitrogens with zero attached hydrogens (tertiary/aromatic N) is 4. The Bertz CT molecular complexity index is 1280. The van der Waals surface area contributed by atoms with Crippen LogP contribution in [0.1, 0.15) is 40.6 Å². The molecule has 32 heavy (non-hydrogen) atoms. The molecular weight excluding hydrogens is 406 g/mol. The van der Waals surface area contributed by atoms with Crippen LogP contribution in [0.3, 0.4) is 0 Å². The molecule has 0 spiro atoms. The van der Waals surface area contributed by atoms with Gasteiger partial charge in [-0.2, -0.15) is 0 Å². The summed E-state index contributed by atoms with van der Waals surface area (Å²) in [5.41, 5.74) is 2.43. The van der Waals surface area contributed by atoms with Gasteiger partial charge in [-0.25, -0.2) is 4.98 Å². The van der Waals surface area contributed by atoms with Gasteiger partial charge >= 0.3 is 0 Å². The minimum Gasteiger partial charge on any atom is -0.467 e. The number of hydrogen-bond donors (Lipinski definition) is 1. The third kappa shape index (κ3) is 3.57. The Hall–Kier alpha value is -3.81. The highest BCUT2D eigenvalue weighted by Gasteiger charge is 2.31. The topological polar surface area (TPSA) is 85.3 Å². The Balaban J connectivity index is 1.31. The average Bonchev–Trinajstić information content (AvgIpc) is 3.52. The number of carbonyl (C=O) groups excluding carboxylic acids is 2. The van der Waals surface area contributed by atoms with E-state index < -0.39 is 0 Å². The second kappa shape index (κ2) is 8.03. The van der Waals surface area contributed by atoms with Gasteiger partial charge in [0.15, 0.2) is 0 Å². The number of rotatable bonds is 5. The van der Waals surface area contributed by atoms with E-state index in [1.165, 1.54) is 0 Å². The Morgan fingerprint density at radius 3 is 2.81 bits per heavy atom. The third-order valence-electron chi connectivity index (χ3n) is 6.05. The molecule has 1 aliphatic heterocycles. The summed E-state index contributed by atoms with van der Waals surface area (Å²) < 4.78 is 9.27. The zero-order valence-electron chi connectivity index (χ0n) is 18.1. The van der Waals surface area contributed by atoms with E-state index >= 15 is 0 Å². The first kappa shape index (κ1) is 20.1. The number of hydrogen-bond acceptors (Lipinski definition) is 4. The molecule has 1 aromatic carbocycles. The van der Waals surface area contributed by atoms with Crippen molar-refractivity contribution in [3.05, 3.63) is 77.9 Å². The van der Waals surface area contributed by atoms with Gasteiger partial charge in [-0.3, -0.25) is 9.59 Å². The number of para-hydroxylation sites is 1. The number of imidazole rings is 1. The lowest BCUT2D eigenvalue weighted by Gasteiger charge is -2.33. The third-order valence-corrected chi connectivity index (χ3v) is 6.05. The zero-order valence-corrected chi connectivity index (χ0v) is 18.1. The van der Waals surface area contributed by atoms with E-state index in [2.05, 4.69) is 5.32 Å². The summed E-state index contributed by atoms with van der Waals surface area (Å²) in [6.07, 6.45) is 5.58. The summed E-state index contributed by atoms with van der Waals surface area (Å²) in [6, 6.07) is 11.4. The number of benzene rings is 1. The highest BCUT2D eigenvalue weighted by atomic mass is 16.3. The van der Waals surface area contributed by atoms with Crippen LogP contribution in [0.4, 0.5) is 0 Å². The molecule has 8 heteroatoms.